The third-order valence-corrected chi connectivity index (χ3v) is 6.57. The van der Waals surface area contributed by atoms with Crippen LogP contribution in [0.25, 0.3) is 0 Å². The van der Waals surface area contributed by atoms with Crippen LogP contribution in [0.15, 0.2) is 17.3 Å². The summed E-state index contributed by atoms with van der Waals surface area (Å²) in [7, 11) is -0.333. The molecule has 1 saturated carbocycles. The highest BCUT2D eigenvalue weighted by atomic mass is 32.2. The molecule has 148 valence electrons. The number of hydrogen-bond donors (Lipinski definition) is 1. The fraction of sp³-hybridized carbons (Fsp3) is 0.588. The Bertz CT molecular complexity index is 904. The summed E-state index contributed by atoms with van der Waals surface area (Å²) in [6.07, 6.45) is 5.90. The second kappa shape index (κ2) is 7.81. The molecule has 9 nitrogen and oxygen atoms in total. The van der Waals surface area contributed by atoms with Crippen molar-refractivity contribution < 1.29 is 17.9 Å². The fourth-order valence-corrected chi connectivity index (χ4v) is 5.12. The van der Waals surface area contributed by atoms with Crippen LogP contribution in [0.2, 0.25) is 0 Å². The first kappa shape index (κ1) is 19.6. The van der Waals surface area contributed by atoms with Gasteiger partial charge in [-0.05, 0) is 39.5 Å². The standard InChI is InChI=1S/C17H25N5O4S/c1-11-17(12(2)22(3)20-11)27(23,24)21-13-5-7-14(8-6-13)26-16-10-18-9-15(19-16)25-4/h9-10,13-14,21H,5-8H2,1-4H3. The highest BCUT2D eigenvalue weighted by Gasteiger charge is 2.30. The van der Waals surface area contributed by atoms with Crippen LogP contribution in [-0.2, 0) is 17.1 Å². The molecule has 27 heavy (non-hydrogen) atoms. The van der Waals surface area contributed by atoms with Crippen molar-refractivity contribution >= 4 is 10.0 Å². The molecule has 0 unspecified atom stereocenters. The summed E-state index contributed by atoms with van der Waals surface area (Å²) in [6, 6.07) is -0.120. The lowest BCUT2D eigenvalue weighted by Crippen LogP contribution is -2.40. The summed E-state index contributed by atoms with van der Waals surface area (Å²) in [5, 5.41) is 4.20. The largest absolute Gasteiger partial charge is 0.480 e. The number of ether oxygens (including phenoxy) is 2. The van der Waals surface area contributed by atoms with Crippen LogP contribution in [0.3, 0.4) is 0 Å². The van der Waals surface area contributed by atoms with Crippen molar-refractivity contribution in [3.63, 3.8) is 0 Å². The number of nitrogens with zero attached hydrogens (tertiary/aromatic N) is 4. The van der Waals surface area contributed by atoms with E-state index in [1.54, 1.807) is 31.8 Å². The first-order valence-corrected chi connectivity index (χ1v) is 10.3. The molecule has 0 aliphatic heterocycles. The lowest BCUT2D eigenvalue weighted by molar-refractivity contribution is 0.136. The van der Waals surface area contributed by atoms with Crippen LogP contribution in [0.5, 0.6) is 11.8 Å². The lowest BCUT2D eigenvalue weighted by atomic mass is 9.94. The first-order valence-electron chi connectivity index (χ1n) is 8.85. The molecule has 2 aromatic heterocycles. The van der Waals surface area contributed by atoms with Gasteiger partial charge in [0, 0.05) is 13.1 Å². The van der Waals surface area contributed by atoms with Gasteiger partial charge in [-0.3, -0.25) is 9.67 Å². The minimum atomic E-state index is -3.60. The fourth-order valence-electron chi connectivity index (χ4n) is 3.38. The zero-order chi connectivity index (χ0) is 19.6. The Morgan fingerprint density at radius 3 is 2.41 bits per heavy atom. The predicted octanol–water partition coefficient (Wildman–Crippen LogP) is 1.50. The average molecular weight is 395 g/mol. The van der Waals surface area contributed by atoms with Crippen molar-refractivity contribution in [2.75, 3.05) is 7.11 Å². The van der Waals surface area contributed by atoms with E-state index in [4.69, 9.17) is 9.47 Å². The van der Waals surface area contributed by atoms with E-state index < -0.39 is 10.0 Å². The summed E-state index contributed by atoms with van der Waals surface area (Å²) in [5.74, 6) is 0.816. The molecule has 0 bridgehead atoms. The van der Waals surface area contributed by atoms with Crippen LogP contribution in [-0.4, -0.2) is 47.4 Å². The zero-order valence-corrected chi connectivity index (χ0v) is 16.8. The van der Waals surface area contributed by atoms with Gasteiger partial charge < -0.3 is 9.47 Å². The molecule has 1 aliphatic rings. The van der Waals surface area contributed by atoms with Gasteiger partial charge in [0.2, 0.25) is 21.8 Å². The molecule has 0 radical (unpaired) electrons. The van der Waals surface area contributed by atoms with E-state index in [2.05, 4.69) is 19.8 Å². The predicted molar refractivity (Wildman–Crippen MR) is 98.3 cm³/mol. The molecule has 0 saturated heterocycles. The summed E-state index contributed by atoms with van der Waals surface area (Å²) >= 11 is 0. The van der Waals surface area contributed by atoms with Gasteiger partial charge in [-0.15, -0.1) is 0 Å². The molecule has 0 atom stereocenters. The molecule has 1 aliphatic carbocycles. The Labute approximate surface area is 159 Å². The Kier molecular flexibility index (Phi) is 5.66. The highest BCUT2D eigenvalue weighted by Crippen LogP contribution is 2.26. The first-order chi connectivity index (χ1) is 12.8. The SMILES string of the molecule is COc1cncc(OC2CCC(NS(=O)(=O)c3c(C)nn(C)c3C)CC2)n1. The van der Waals surface area contributed by atoms with Crippen molar-refractivity contribution in [1.29, 1.82) is 0 Å². The molecule has 2 heterocycles. The van der Waals surface area contributed by atoms with Crippen molar-refractivity contribution in [3.05, 3.63) is 23.8 Å². The number of hydrogen-bond acceptors (Lipinski definition) is 7. The number of rotatable bonds is 6. The number of aromatic nitrogens is 4. The third-order valence-electron chi connectivity index (χ3n) is 4.79. The number of sulfonamides is 1. The molecule has 0 amide bonds. The summed E-state index contributed by atoms with van der Waals surface area (Å²) < 4.78 is 40.9. The van der Waals surface area contributed by atoms with Gasteiger partial charge in [0.25, 0.3) is 0 Å². The lowest BCUT2D eigenvalue weighted by Gasteiger charge is -2.29. The van der Waals surface area contributed by atoms with Crippen LogP contribution < -0.4 is 14.2 Å². The van der Waals surface area contributed by atoms with Crippen LogP contribution in [0.4, 0.5) is 0 Å². The average Bonchev–Trinajstić information content (AvgIpc) is 2.89. The van der Waals surface area contributed by atoms with Crippen LogP contribution in [0, 0.1) is 13.8 Å². The van der Waals surface area contributed by atoms with Crippen LogP contribution >= 0.6 is 0 Å². The Morgan fingerprint density at radius 1 is 1.15 bits per heavy atom. The van der Waals surface area contributed by atoms with Gasteiger partial charge in [0.05, 0.1) is 30.9 Å². The Hall–Kier alpha value is -2.20. The molecular weight excluding hydrogens is 370 g/mol. The van der Waals surface area contributed by atoms with Gasteiger partial charge >= 0.3 is 0 Å². The number of methoxy groups -OCH3 is 1. The van der Waals surface area contributed by atoms with Gasteiger partial charge in [0.1, 0.15) is 11.0 Å². The van der Waals surface area contributed by atoms with E-state index in [9.17, 15) is 8.42 Å². The maximum atomic E-state index is 12.8. The van der Waals surface area contributed by atoms with Crippen molar-refractivity contribution in [2.45, 2.75) is 56.6 Å². The topological polar surface area (TPSA) is 108 Å². The second-order valence-corrected chi connectivity index (χ2v) is 8.39. The monoisotopic (exact) mass is 395 g/mol. The van der Waals surface area contributed by atoms with Gasteiger partial charge in [-0.2, -0.15) is 10.1 Å². The van der Waals surface area contributed by atoms with Crippen molar-refractivity contribution in [2.24, 2.45) is 7.05 Å². The summed E-state index contributed by atoms with van der Waals surface area (Å²) in [4.78, 5) is 8.49. The Balaban J connectivity index is 1.59. The molecule has 1 N–H and O–H groups in total. The van der Waals surface area contributed by atoms with E-state index >= 15 is 0 Å². The van der Waals surface area contributed by atoms with Crippen molar-refractivity contribution in [1.82, 2.24) is 24.5 Å². The summed E-state index contributed by atoms with van der Waals surface area (Å²) in [5.41, 5.74) is 1.14. The molecule has 1 fully saturated rings. The van der Waals surface area contributed by atoms with Gasteiger partial charge in [-0.25, -0.2) is 13.1 Å². The van der Waals surface area contributed by atoms with Gasteiger partial charge in [0.15, 0.2) is 0 Å². The summed E-state index contributed by atoms with van der Waals surface area (Å²) in [6.45, 7) is 3.47. The molecule has 3 rings (SSSR count). The molecule has 0 spiro atoms. The third kappa shape index (κ3) is 4.38. The minimum Gasteiger partial charge on any atom is -0.480 e. The quantitative estimate of drug-likeness (QED) is 0.789. The van der Waals surface area contributed by atoms with E-state index in [0.29, 0.717) is 36.0 Å². The van der Waals surface area contributed by atoms with Gasteiger partial charge in [-0.1, -0.05) is 0 Å². The highest BCUT2D eigenvalue weighted by molar-refractivity contribution is 7.89. The smallest absolute Gasteiger partial charge is 0.244 e. The maximum Gasteiger partial charge on any atom is 0.244 e. The normalized spacial score (nSPS) is 20.4. The van der Waals surface area contributed by atoms with E-state index in [1.807, 2.05) is 0 Å². The van der Waals surface area contributed by atoms with E-state index in [0.717, 1.165) is 12.8 Å². The zero-order valence-electron chi connectivity index (χ0n) is 16.0. The maximum absolute atomic E-state index is 12.8. The molecule has 2 aromatic rings. The van der Waals surface area contributed by atoms with Crippen LogP contribution in [0.1, 0.15) is 37.1 Å². The molecule has 10 heteroatoms. The van der Waals surface area contributed by atoms with Crippen molar-refractivity contribution in [3.8, 4) is 11.8 Å². The Morgan fingerprint density at radius 2 is 1.81 bits per heavy atom. The number of aryl methyl sites for hydroxylation is 2. The van der Waals surface area contributed by atoms with E-state index in [1.165, 1.54) is 13.3 Å². The molecular formula is C17H25N5O4S. The second-order valence-electron chi connectivity index (χ2n) is 6.74. The minimum absolute atomic E-state index is 0.0194. The van der Waals surface area contributed by atoms with E-state index in [-0.39, 0.29) is 17.0 Å². The number of nitrogens with one attached hydrogen (secondary N) is 1. The molecule has 0 aromatic carbocycles.